The Morgan fingerprint density at radius 2 is 1.95 bits per heavy atom. The minimum absolute atomic E-state index is 0.126. The Bertz CT molecular complexity index is 393. The average molecular weight is 263 g/mol. The number of aromatic nitrogens is 1. The summed E-state index contributed by atoms with van der Waals surface area (Å²) in [6.45, 7) is 3.09. The number of carbonyl (C=O) groups excluding carboxylic acids is 2. The summed E-state index contributed by atoms with van der Waals surface area (Å²) in [4.78, 5) is 27.0. The van der Waals surface area contributed by atoms with Gasteiger partial charge in [-0.05, 0) is 18.6 Å². The largest absolute Gasteiger partial charge is 0.356 e. The van der Waals surface area contributed by atoms with Crippen LogP contribution >= 0.6 is 0 Å². The van der Waals surface area contributed by atoms with Crippen molar-refractivity contribution in [2.24, 2.45) is 0 Å². The third-order valence-corrected chi connectivity index (χ3v) is 2.62. The minimum atomic E-state index is -0.279. The van der Waals surface area contributed by atoms with Gasteiger partial charge in [-0.25, -0.2) is 0 Å². The first kappa shape index (κ1) is 15.1. The molecular formula is C14H21N3O2. The van der Waals surface area contributed by atoms with Crippen molar-refractivity contribution < 1.29 is 9.59 Å². The molecule has 5 heteroatoms. The molecule has 1 aromatic rings. The van der Waals surface area contributed by atoms with Crippen LogP contribution in [-0.4, -0.2) is 23.3 Å². The number of nitrogens with one attached hydrogen (secondary N) is 2. The molecule has 0 aliphatic rings. The van der Waals surface area contributed by atoms with Crippen molar-refractivity contribution in [3.05, 3.63) is 30.1 Å². The maximum atomic E-state index is 11.5. The van der Waals surface area contributed by atoms with Crippen molar-refractivity contribution in [1.29, 1.82) is 0 Å². The minimum Gasteiger partial charge on any atom is -0.356 e. The fourth-order valence-electron chi connectivity index (χ4n) is 1.57. The van der Waals surface area contributed by atoms with Gasteiger partial charge in [0.2, 0.25) is 11.8 Å². The van der Waals surface area contributed by atoms with E-state index in [1.54, 1.807) is 6.20 Å². The molecular weight excluding hydrogens is 242 g/mol. The Labute approximate surface area is 113 Å². The molecule has 19 heavy (non-hydrogen) atoms. The van der Waals surface area contributed by atoms with Gasteiger partial charge in [0, 0.05) is 12.7 Å². The number of carbonyl (C=O) groups is 2. The van der Waals surface area contributed by atoms with E-state index in [9.17, 15) is 9.59 Å². The first-order chi connectivity index (χ1) is 9.22. The average Bonchev–Trinajstić information content (AvgIpc) is 2.42. The fraction of sp³-hybridized carbons (Fsp3) is 0.500. The van der Waals surface area contributed by atoms with Gasteiger partial charge < -0.3 is 10.6 Å². The molecule has 0 radical (unpaired) electrons. The van der Waals surface area contributed by atoms with Crippen LogP contribution < -0.4 is 10.6 Å². The molecule has 0 aromatic carbocycles. The SMILES string of the molecule is CCCCCNC(=O)CC(=O)NCc1ccccn1. The summed E-state index contributed by atoms with van der Waals surface area (Å²) in [5.74, 6) is -0.506. The summed E-state index contributed by atoms with van der Waals surface area (Å²) in [5.41, 5.74) is 0.777. The maximum Gasteiger partial charge on any atom is 0.229 e. The van der Waals surface area contributed by atoms with Crippen LogP contribution in [0.3, 0.4) is 0 Å². The van der Waals surface area contributed by atoms with E-state index < -0.39 is 0 Å². The van der Waals surface area contributed by atoms with Gasteiger partial charge in [-0.15, -0.1) is 0 Å². The molecule has 2 amide bonds. The predicted molar refractivity (Wildman–Crippen MR) is 73.2 cm³/mol. The standard InChI is InChI=1S/C14H21N3O2/c1-2-3-5-9-16-13(18)10-14(19)17-11-12-7-4-6-8-15-12/h4,6-8H,2-3,5,9-11H2,1H3,(H,16,18)(H,17,19). The topological polar surface area (TPSA) is 71.1 Å². The van der Waals surface area contributed by atoms with Gasteiger partial charge in [-0.3, -0.25) is 14.6 Å². The lowest BCUT2D eigenvalue weighted by Crippen LogP contribution is -2.32. The second kappa shape index (κ2) is 9.08. The van der Waals surface area contributed by atoms with Crippen molar-refractivity contribution in [2.45, 2.75) is 39.2 Å². The van der Waals surface area contributed by atoms with Gasteiger partial charge >= 0.3 is 0 Å². The second-order valence-electron chi connectivity index (χ2n) is 4.33. The Morgan fingerprint density at radius 1 is 1.16 bits per heavy atom. The molecule has 0 fully saturated rings. The van der Waals surface area contributed by atoms with Crippen LogP contribution in [-0.2, 0) is 16.1 Å². The van der Waals surface area contributed by atoms with Crippen LogP contribution in [0.4, 0.5) is 0 Å². The van der Waals surface area contributed by atoms with Crippen LogP contribution in [0.25, 0.3) is 0 Å². The number of rotatable bonds is 8. The Hall–Kier alpha value is -1.91. The van der Waals surface area contributed by atoms with Crippen molar-refractivity contribution in [1.82, 2.24) is 15.6 Å². The van der Waals surface area contributed by atoms with E-state index in [-0.39, 0.29) is 18.2 Å². The first-order valence-corrected chi connectivity index (χ1v) is 6.65. The van der Waals surface area contributed by atoms with E-state index in [0.717, 1.165) is 25.0 Å². The molecule has 5 nitrogen and oxygen atoms in total. The molecule has 1 heterocycles. The highest BCUT2D eigenvalue weighted by atomic mass is 16.2. The van der Waals surface area contributed by atoms with E-state index >= 15 is 0 Å². The summed E-state index contributed by atoms with van der Waals surface area (Å²) in [6, 6.07) is 5.50. The molecule has 0 bridgehead atoms. The zero-order valence-electron chi connectivity index (χ0n) is 11.3. The number of unbranched alkanes of at least 4 members (excludes halogenated alkanes) is 2. The molecule has 0 saturated carbocycles. The van der Waals surface area contributed by atoms with Crippen molar-refractivity contribution >= 4 is 11.8 Å². The lowest BCUT2D eigenvalue weighted by atomic mass is 10.2. The zero-order chi connectivity index (χ0) is 13.9. The summed E-state index contributed by atoms with van der Waals surface area (Å²) in [5, 5.41) is 5.40. The summed E-state index contributed by atoms with van der Waals surface area (Å²) >= 11 is 0. The smallest absolute Gasteiger partial charge is 0.229 e. The van der Waals surface area contributed by atoms with Gasteiger partial charge in [0.25, 0.3) is 0 Å². The third-order valence-electron chi connectivity index (χ3n) is 2.62. The molecule has 0 saturated heterocycles. The van der Waals surface area contributed by atoms with Crippen LogP contribution in [0.15, 0.2) is 24.4 Å². The van der Waals surface area contributed by atoms with Crippen molar-refractivity contribution in [2.75, 3.05) is 6.54 Å². The zero-order valence-corrected chi connectivity index (χ0v) is 11.3. The lowest BCUT2D eigenvalue weighted by molar-refractivity contribution is -0.129. The molecule has 0 aliphatic carbocycles. The molecule has 0 aliphatic heterocycles. The van der Waals surface area contributed by atoms with Gasteiger partial charge in [0.15, 0.2) is 0 Å². The van der Waals surface area contributed by atoms with Gasteiger partial charge in [0.1, 0.15) is 6.42 Å². The van der Waals surface area contributed by atoms with E-state index in [0.29, 0.717) is 13.1 Å². The number of nitrogens with zero attached hydrogens (tertiary/aromatic N) is 1. The molecule has 0 atom stereocenters. The fourth-order valence-corrected chi connectivity index (χ4v) is 1.57. The molecule has 0 spiro atoms. The van der Waals surface area contributed by atoms with Crippen LogP contribution in [0.2, 0.25) is 0 Å². The van der Waals surface area contributed by atoms with Crippen LogP contribution in [0.5, 0.6) is 0 Å². The van der Waals surface area contributed by atoms with Gasteiger partial charge in [-0.2, -0.15) is 0 Å². The Morgan fingerprint density at radius 3 is 2.63 bits per heavy atom. The number of hydrogen-bond donors (Lipinski definition) is 2. The summed E-state index contributed by atoms with van der Waals surface area (Å²) in [6.07, 6.45) is 4.70. The van der Waals surface area contributed by atoms with Gasteiger partial charge in [0.05, 0.1) is 12.2 Å². The van der Waals surface area contributed by atoms with E-state index in [2.05, 4.69) is 22.5 Å². The number of hydrogen-bond acceptors (Lipinski definition) is 3. The Balaban J connectivity index is 2.15. The Kier molecular flexibility index (Phi) is 7.24. The monoisotopic (exact) mass is 263 g/mol. The van der Waals surface area contributed by atoms with Crippen LogP contribution in [0.1, 0.15) is 38.3 Å². The third kappa shape index (κ3) is 7.18. The molecule has 1 rings (SSSR count). The maximum absolute atomic E-state index is 11.5. The predicted octanol–water partition coefficient (Wildman–Crippen LogP) is 1.39. The van der Waals surface area contributed by atoms with Crippen molar-refractivity contribution in [3.8, 4) is 0 Å². The lowest BCUT2D eigenvalue weighted by Gasteiger charge is -2.06. The number of amides is 2. The van der Waals surface area contributed by atoms with E-state index in [1.165, 1.54) is 0 Å². The molecule has 1 aromatic heterocycles. The normalized spacial score (nSPS) is 9.95. The summed E-state index contributed by atoms with van der Waals surface area (Å²) in [7, 11) is 0. The molecule has 2 N–H and O–H groups in total. The highest BCUT2D eigenvalue weighted by Gasteiger charge is 2.08. The van der Waals surface area contributed by atoms with Crippen molar-refractivity contribution in [3.63, 3.8) is 0 Å². The molecule has 104 valence electrons. The quantitative estimate of drug-likeness (QED) is 0.550. The summed E-state index contributed by atoms with van der Waals surface area (Å²) < 4.78 is 0. The highest BCUT2D eigenvalue weighted by molar-refractivity contribution is 5.96. The highest BCUT2D eigenvalue weighted by Crippen LogP contribution is 1.93. The van der Waals surface area contributed by atoms with E-state index in [4.69, 9.17) is 0 Å². The van der Waals surface area contributed by atoms with E-state index in [1.807, 2.05) is 18.2 Å². The molecule has 0 unspecified atom stereocenters. The second-order valence-corrected chi connectivity index (χ2v) is 4.33. The van der Waals surface area contributed by atoms with Crippen LogP contribution in [0, 0.1) is 0 Å². The number of pyridine rings is 1. The van der Waals surface area contributed by atoms with Gasteiger partial charge in [-0.1, -0.05) is 25.8 Å². The first-order valence-electron chi connectivity index (χ1n) is 6.65.